The first kappa shape index (κ1) is 14.5. The van der Waals surface area contributed by atoms with Gasteiger partial charge in [-0.1, -0.05) is 6.58 Å². The van der Waals surface area contributed by atoms with Gasteiger partial charge in [-0.05, 0) is 19.4 Å². The van der Waals surface area contributed by atoms with Gasteiger partial charge in [0.2, 0.25) is 5.91 Å². The molecule has 2 rings (SSSR count). The lowest BCUT2D eigenvalue weighted by Gasteiger charge is -2.38. The number of fused-ring (bicyclic) bond motifs is 1. The van der Waals surface area contributed by atoms with Crippen LogP contribution in [0.5, 0.6) is 0 Å². The summed E-state index contributed by atoms with van der Waals surface area (Å²) in [6.07, 6.45) is 1.65. The van der Waals surface area contributed by atoms with E-state index in [0.29, 0.717) is 19.7 Å². The minimum absolute atomic E-state index is 0.00694. The predicted molar refractivity (Wildman–Crippen MR) is 71.3 cm³/mol. The normalized spacial score (nSPS) is 29.2. The number of carbonyl (C=O) groups excluding carboxylic acids is 1. The van der Waals surface area contributed by atoms with E-state index in [1.54, 1.807) is 0 Å². The Bertz CT molecular complexity index is 449. The monoisotopic (exact) mass is 288 g/mol. The summed E-state index contributed by atoms with van der Waals surface area (Å²) in [6.45, 7) is 5.40. The molecule has 2 atom stereocenters. The first-order valence-corrected chi connectivity index (χ1v) is 8.23. The van der Waals surface area contributed by atoms with Crippen molar-refractivity contribution in [2.45, 2.75) is 25.0 Å². The highest BCUT2D eigenvalue weighted by molar-refractivity contribution is 7.94. The maximum Gasteiger partial charge on any atom is 0.240 e. The third kappa shape index (κ3) is 3.55. The molecule has 0 aromatic carbocycles. The van der Waals surface area contributed by atoms with Gasteiger partial charge in [0, 0.05) is 18.5 Å². The van der Waals surface area contributed by atoms with Crippen molar-refractivity contribution in [3.8, 4) is 0 Å². The van der Waals surface area contributed by atoms with Gasteiger partial charge in [0.25, 0.3) is 0 Å². The van der Waals surface area contributed by atoms with Crippen LogP contribution in [0.1, 0.15) is 12.8 Å². The highest BCUT2D eigenvalue weighted by Gasteiger charge is 2.38. The molecule has 1 amide bonds. The summed E-state index contributed by atoms with van der Waals surface area (Å²) in [6, 6.07) is -0.365. The van der Waals surface area contributed by atoms with Crippen molar-refractivity contribution in [2.24, 2.45) is 0 Å². The fourth-order valence-corrected chi connectivity index (χ4v) is 3.26. The average molecular weight is 288 g/mol. The number of sulfone groups is 1. The van der Waals surface area contributed by atoms with E-state index in [1.165, 1.54) is 0 Å². The Labute approximate surface area is 113 Å². The summed E-state index contributed by atoms with van der Waals surface area (Å²) in [5, 5.41) is 3.78. The molecule has 0 saturated carbocycles. The van der Waals surface area contributed by atoms with E-state index in [0.717, 1.165) is 24.8 Å². The van der Waals surface area contributed by atoms with Gasteiger partial charge in [0.05, 0.1) is 18.5 Å². The first-order valence-electron chi connectivity index (χ1n) is 6.52. The van der Waals surface area contributed by atoms with Gasteiger partial charge in [-0.2, -0.15) is 0 Å². The van der Waals surface area contributed by atoms with Gasteiger partial charge in [-0.3, -0.25) is 9.69 Å². The number of hydrogen-bond acceptors (Lipinski definition) is 5. The molecule has 2 unspecified atom stereocenters. The number of carbonyl (C=O) groups is 1. The lowest BCUT2D eigenvalue weighted by molar-refractivity contribution is -0.131. The lowest BCUT2D eigenvalue weighted by atomic mass is 9.98. The van der Waals surface area contributed by atoms with Crippen molar-refractivity contribution in [3.63, 3.8) is 0 Å². The number of nitrogens with zero attached hydrogens (tertiary/aromatic N) is 1. The van der Waals surface area contributed by atoms with Crippen LogP contribution >= 0.6 is 0 Å². The largest absolute Gasteiger partial charge is 0.374 e. The maximum absolute atomic E-state index is 12.1. The van der Waals surface area contributed by atoms with Gasteiger partial charge < -0.3 is 10.1 Å². The number of hydrogen-bond donors (Lipinski definition) is 1. The summed E-state index contributed by atoms with van der Waals surface area (Å²) in [4.78, 5) is 14.0. The van der Waals surface area contributed by atoms with Crippen LogP contribution in [0.4, 0.5) is 0 Å². The third-order valence-electron chi connectivity index (χ3n) is 3.60. The highest BCUT2D eigenvalue weighted by Crippen LogP contribution is 2.22. The van der Waals surface area contributed by atoms with Crippen LogP contribution in [0.2, 0.25) is 0 Å². The van der Waals surface area contributed by atoms with Crippen LogP contribution in [-0.2, 0) is 19.4 Å². The fraction of sp³-hybridized carbons (Fsp3) is 0.750. The summed E-state index contributed by atoms with van der Waals surface area (Å²) in [5.74, 6) is -0.0642. The second-order valence-electron chi connectivity index (χ2n) is 4.86. The van der Waals surface area contributed by atoms with Crippen molar-refractivity contribution in [3.05, 3.63) is 12.0 Å². The van der Waals surface area contributed by atoms with Gasteiger partial charge in [0.15, 0.2) is 9.84 Å². The molecule has 2 heterocycles. The molecule has 0 aliphatic carbocycles. The number of rotatable bonds is 4. The number of amides is 1. The minimum atomic E-state index is -3.23. The van der Waals surface area contributed by atoms with Crippen molar-refractivity contribution in [1.29, 1.82) is 0 Å². The third-order valence-corrected chi connectivity index (χ3v) is 4.86. The Balaban J connectivity index is 2.06. The topological polar surface area (TPSA) is 75.7 Å². The Kier molecular flexibility index (Phi) is 4.59. The van der Waals surface area contributed by atoms with Crippen LogP contribution in [0.15, 0.2) is 12.0 Å². The molecule has 2 saturated heterocycles. The molecule has 0 spiro atoms. The predicted octanol–water partition coefficient (Wildman–Crippen LogP) is -0.476. The number of nitrogens with one attached hydrogen (secondary N) is 1. The van der Waals surface area contributed by atoms with E-state index in [2.05, 4.69) is 11.9 Å². The van der Waals surface area contributed by atoms with Crippen LogP contribution in [-0.4, -0.2) is 63.4 Å². The maximum atomic E-state index is 12.1. The molecule has 1 N–H and O–H groups in total. The average Bonchev–Trinajstić information content (AvgIpc) is 2.59. The summed E-state index contributed by atoms with van der Waals surface area (Å²) >= 11 is 0. The molecule has 7 heteroatoms. The van der Waals surface area contributed by atoms with E-state index >= 15 is 0 Å². The van der Waals surface area contributed by atoms with Gasteiger partial charge in [0.1, 0.15) is 6.04 Å². The molecule has 2 aliphatic heterocycles. The van der Waals surface area contributed by atoms with E-state index in [1.807, 2.05) is 4.90 Å². The van der Waals surface area contributed by atoms with Gasteiger partial charge >= 0.3 is 0 Å². The van der Waals surface area contributed by atoms with Crippen LogP contribution in [0.25, 0.3) is 0 Å². The van der Waals surface area contributed by atoms with Crippen molar-refractivity contribution >= 4 is 15.7 Å². The highest BCUT2D eigenvalue weighted by atomic mass is 32.2. The molecular weight excluding hydrogens is 268 g/mol. The molecule has 0 radical (unpaired) electrons. The second kappa shape index (κ2) is 6.02. The van der Waals surface area contributed by atoms with Crippen LogP contribution in [0, 0.1) is 0 Å². The van der Waals surface area contributed by atoms with Crippen LogP contribution < -0.4 is 5.32 Å². The minimum Gasteiger partial charge on any atom is -0.374 e. The number of piperidine rings is 1. The summed E-state index contributed by atoms with van der Waals surface area (Å²) in [7, 11) is -3.23. The molecule has 2 aliphatic rings. The SMILES string of the molecule is C=CS(=O)(=O)CCN1CCCC2OCCNC(=O)C21. The number of likely N-dealkylation sites (tertiary alicyclic amines) is 1. The van der Waals surface area contributed by atoms with Crippen molar-refractivity contribution in [1.82, 2.24) is 10.2 Å². The molecule has 6 nitrogen and oxygen atoms in total. The zero-order valence-electron chi connectivity index (χ0n) is 10.9. The van der Waals surface area contributed by atoms with E-state index < -0.39 is 9.84 Å². The first-order chi connectivity index (χ1) is 9.03. The summed E-state index contributed by atoms with van der Waals surface area (Å²) in [5.41, 5.74) is 0. The zero-order valence-corrected chi connectivity index (χ0v) is 11.7. The molecule has 0 bridgehead atoms. The molecule has 2 fully saturated rings. The Morgan fingerprint density at radius 3 is 3.05 bits per heavy atom. The zero-order chi connectivity index (χ0) is 13.9. The van der Waals surface area contributed by atoms with Gasteiger partial charge in [-0.15, -0.1) is 0 Å². The molecule has 0 aromatic heterocycles. The van der Waals surface area contributed by atoms with E-state index in [4.69, 9.17) is 4.74 Å². The quantitative estimate of drug-likeness (QED) is 0.756. The van der Waals surface area contributed by atoms with Crippen molar-refractivity contribution in [2.75, 3.05) is 32.0 Å². The fourth-order valence-electron chi connectivity index (χ4n) is 2.60. The standard InChI is InChI=1S/C12H20N2O4S/c1-2-19(16,17)9-7-14-6-3-4-10-11(14)12(15)13-5-8-18-10/h2,10-11H,1,3-9H2,(H,13,15). The molecule has 0 aromatic rings. The second-order valence-corrected chi connectivity index (χ2v) is 6.92. The van der Waals surface area contributed by atoms with Gasteiger partial charge in [-0.25, -0.2) is 8.42 Å². The number of ether oxygens (including phenoxy) is 1. The lowest BCUT2D eigenvalue weighted by Crippen LogP contribution is -2.56. The van der Waals surface area contributed by atoms with Crippen molar-refractivity contribution < 1.29 is 17.9 Å². The molecule has 108 valence electrons. The smallest absolute Gasteiger partial charge is 0.240 e. The molecule has 19 heavy (non-hydrogen) atoms. The Hall–Kier alpha value is -0.920. The van der Waals surface area contributed by atoms with Crippen LogP contribution in [0.3, 0.4) is 0 Å². The van der Waals surface area contributed by atoms with E-state index in [-0.39, 0.29) is 23.8 Å². The van der Waals surface area contributed by atoms with E-state index in [9.17, 15) is 13.2 Å². The summed E-state index contributed by atoms with van der Waals surface area (Å²) < 4.78 is 28.6. The molecular formula is C12H20N2O4S. The Morgan fingerprint density at radius 1 is 1.53 bits per heavy atom. The Morgan fingerprint density at radius 2 is 2.32 bits per heavy atom.